The molecular formula is C9H11N3O2S. The van der Waals surface area contributed by atoms with Crippen molar-refractivity contribution in [2.45, 2.75) is 0 Å². The lowest BCUT2D eigenvalue weighted by Crippen LogP contribution is -2.24. The van der Waals surface area contributed by atoms with E-state index < -0.39 is 5.97 Å². The predicted octanol–water partition coefficient (Wildman–Crippen LogP) is 0.883. The minimum atomic E-state index is -1.01. The molecule has 5 nitrogen and oxygen atoms in total. The van der Waals surface area contributed by atoms with Crippen LogP contribution < -0.4 is 16.4 Å². The molecule has 80 valence electrons. The predicted molar refractivity (Wildman–Crippen MR) is 63.1 cm³/mol. The standard InChI is InChI=1S/C9H11N3O2S/c1-11-9(15)12-7-4-5(8(13)14)2-3-6(7)10/h2-4H,10H2,1H3,(H,13,14)(H2,11,12,15). The number of anilines is 2. The zero-order valence-corrected chi connectivity index (χ0v) is 8.89. The van der Waals surface area contributed by atoms with Crippen molar-refractivity contribution >= 4 is 34.7 Å². The Labute approximate surface area is 92.3 Å². The van der Waals surface area contributed by atoms with Crippen LogP contribution in [0.2, 0.25) is 0 Å². The molecule has 0 spiro atoms. The van der Waals surface area contributed by atoms with Gasteiger partial charge in [0, 0.05) is 7.05 Å². The molecule has 0 bridgehead atoms. The third-order valence-electron chi connectivity index (χ3n) is 1.78. The maximum Gasteiger partial charge on any atom is 0.335 e. The van der Waals surface area contributed by atoms with Crippen molar-refractivity contribution in [2.24, 2.45) is 0 Å². The molecule has 0 atom stereocenters. The first kappa shape index (κ1) is 11.3. The van der Waals surface area contributed by atoms with E-state index in [1.807, 2.05) is 0 Å². The van der Waals surface area contributed by atoms with Crippen LogP contribution in [0, 0.1) is 0 Å². The van der Waals surface area contributed by atoms with Gasteiger partial charge in [-0.2, -0.15) is 0 Å². The Hall–Kier alpha value is -1.82. The molecule has 1 aromatic carbocycles. The lowest BCUT2D eigenvalue weighted by Gasteiger charge is -2.10. The minimum absolute atomic E-state index is 0.158. The molecule has 6 heteroatoms. The van der Waals surface area contributed by atoms with E-state index in [2.05, 4.69) is 10.6 Å². The summed E-state index contributed by atoms with van der Waals surface area (Å²) in [6.45, 7) is 0. The number of nitrogen functional groups attached to an aromatic ring is 1. The van der Waals surface area contributed by atoms with E-state index in [9.17, 15) is 4.79 Å². The molecule has 0 unspecified atom stereocenters. The third-order valence-corrected chi connectivity index (χ3v) is 2.08. The highest BCUT2D eigenvalue weighted by Gasteiger charge is 2.07. The molecule has 0 saturated heterocycles. The molecule has 1 aromatic rings. The Bertz CT molecular complexity index is 406. The van der Waals surface area contributed by atoms with Crippen molar-refractivity contribution in [1.29, 1.82) is 0 Å². The summed E-state index contributed by atoms with van der Waals surface area (Å²) in [5, 5.41) is 14.6. The smallest absolute Gasteiger partial charge is 0.335 e. The Balaban J connectivity index is 3.00. The molecule has 0 aliphatic carbocycles. The van der Waals surface area contributed by atoms with Gasteiger partial charge in [-0.1, -0.05) is 0 Å². The zero-order chi connectivity index (χ0) is 11.4. The van der Waals surface area contributed by atoms with E-state index in [1.54, 1.807) is 7.05 Å². The Morgan fingerprint density at radius 3 is 2.73 bits per heavy atom. The first-order chi connectivity index (χ1) is 7.04. The Kier molecular flexibility index (Phi) is 3.46. The minimum Gasteiger partial charge on any atom is -0.478 e. The van der Waals surface area contributed by atoms with Crippen LogP contribution in [0.15, 0.2) is 18.2 Å². The van der Waals surface area contributed by atoms with Gasteiger partial charge < -0.3 is 21.5 Å². The summed E-state index contributed by atoms with van der Waals surface area (Å²) in [4.78, 5) is 10.7. The molecule has 1 rings (SSSR count). The van der Waals surface area contributed by atoms with Crippen LogP contribution in [0.3, 0.4) is 0 Å². The lowest BCUT2D eigenvalue weighted by molar-refractivity contribution is 0.0697. The maximum absolute atomic E-state index is 10.7. The average molecular weight is 225 g/mol. The van der Waals surface area contributed by atoms with Crippen LogP contribution in [-0.2, 0) is 0 Å². The number of nitrogens with one attached hydrogen (secondary N) is 2. The van der Waals surface area contributed by atoms with Gasteiger partial charge in [-0.25, -0.2) is 4.79 Å². The fourth-order valence-corrected chi connectivity index (χ4v) is 1.09. The molecular weight excluding hydrogens is 214 g/mol. The maximum atomic E-state index is 10.7. The topological polar surface area (TPSA) is 87.4 Å². The van der Waals surface area contributed by atoms with Crippen molar-refractivity contribution in [3.8, 4) is 0 Å². The second-order valence-corrected chi connectivity index (χ2v) is 3.22. The summed E-state index contributed by atoms with van der Waals surface area (Å²) >= 11 is 4.88. The van der Waals surface area contributed by atoms with E-state index in [0.29, 0.717) is 16.5 Å². The number of nitrogens with two attached hydrogens (primary N) is 1. The summed E-state index contributed by atoms with van der Waals surface area (Å²) in [5.74, 6) is -1.01. The summed E-state index contributed by atoms with van der Waals surface area (Å²) < 4.78 is 0. The SMILES string of the molecule is CNC(=S)Nc1cc(C(=O)O)ccc1N. The van der Waals surface area contributed by atoms with Crippen LogP contribution in [0.5, 0.6) is 0 Å². The second kappa shape index (κ2) is 4.61. The molecule has 0 aliphatic rings. The van der Waals surface area contributed by atoms with E-state index >= 15 is 0 Å². The number of thiocarbonyl (C=S) groups is 1. The largest absolute Gasteiger partial charge is 0.478 e. The first-order valence-electron chi connectivity index (χ1n) is 4.16. The van der Waals surface area contributed by atoms with Gasteiger partial charge in [-0.15, -0.1) is 0 Å². The molecule has 0 saturated carbocycles. The normalized spacial score (nSPS) is 9.40. The van der Waals surface area contributed by atoms with Gasteiger partial charge in [0.25, 0.3) is 0 Å². The highest BCUT2D eigenvalue weighted by Crippen LogP contribution is 2.19. The van der Waals surface area contributed by atoms with Gasteiger partial charge in [0.2, 0.25) is 0 Å². The number of hydrogen-bond donors (Lipinski definition) is 4. The fourth-order valence-electron chi connectivity index (χ4n) is 0.982. The van der Waals surface area contributed by atoms with Crippen LogP contribution in [0.4, 0.5) is 11.4 Å². The number of aromatic carboxylic acids is 1. The number of benzene rings is 1. The van der Waals surface area contributed by atoms with E-state index in [-0.39, 0.29) is 5.56 Å². The molecule has 0 radical (unpaired) electrons. The Morgan fingerprint density at radius 2 is 2.20 bits per heavy atom. The summed E-state index contributed by atoms with van der Waals surface area (Å²) in [6.07, 6.45) is 0. The van der Waals surface area contributed by atoms with E-state index in [0.717, 1.165) is 0 Å². The highest BCUT2D eigenvalue weighted by atomic mass is 32.1. The quantitative estimate of drug-likeness (QED) is 0.441. The molecule has 0 fully saturated rings. The van der Waals surface area contributed by atoms with Gasteiger partial charge in [-0.05, 0) is 30.4 Å². The average Bonchev–Trinajstić information content (AvgIpc) is 2.20. The molecule has 0 heterocycles. The first-order valence-corrected chi connectivity index (χ1v) is 4.57. The third kappa shape index (κ3) is 2.81. The van der Waals surface area contributed by atoms with Gasteiger partial charge in [-0.3, -0.25) is 0 Å². The molecule has 15 heavy (non-hydrogen) atoms. The summed E-state index contributed by atoms with van der Waals surface area (Å²) in [7, 11) is 1.66. The van der Waals surface area contributed by atoms with Gasteiger partial charge in [0.05, 0.1) is 16.9 Å². The monoisotopic (exact) mass is 225 g/mol. The number of hydrogen-bond acceptors (Lipinski definition) is 3. The van der Waals surface area contributed by atoms with Crippen molar-refractivity contribution in [2.75, 3.05) is 18.1 Å². The molecule has 0 aromatic heterocycles. The highest BCUT2D eigenvalue weighted by molar-refractivity contribution is 7.80. The van der Waals surface area contributed by atoms with Gasteiger partial charge >= 0.3 is 5.97 Å². The number of carboxylic acids is 1. The zero-order valence-electron chi connectivity index (χ0n) is 8.07. The van der Waals surface area contributed by atoms with Crippen LogP contribution in [0.25, 0.3) is 0 Å². The fraction of sp³-hybridized carbons (Fsp3) is 0.111. The summed E-state index contributed by atoms with van der Waals surface area (Å²) in [6, 6.07) is 4.39. The lowest BCUT2D eigenvalue weighted by atomic mass is 10.2. The van der Waals surface area contributed by atoms with Crippen LogP contribution in [-0.4, -0.2) is 23.2 Å². The van der Waals surface area contributed by atoms with Gasteiger partial charge in [0.1, 0.15) is 0 Å². The Morgan fingerprint density at radius 1 is 1.53 bits per heavy atom. The van der Waals surface area contributed by atoms with Crippen molar-refractivity contribution in [3.05, 3.63) is 23.8 Å². The van der Waals surface area contributed by atoms with Crippen molar-refractivity contribution < 1.29 is 9.90 Å². The number of carboxylic acid groups (broad SMARTS) is 1. The summed E-state index contributed by atoms with van der Waals surface area (Å²) in [5.41, 5.74) is 6.73. The number of carbonyl (C=O) groups is 1. The molecule has 0 aliphatic heterocycles. The number of rotatable bonds is 2. The van der Waals surface area contributed by atoms with E-state index in [1.165, 1.54) is 18.2 Å². The van der Waals surface area contributed by atoms with E-state index in [4.69, 9.17) is 23.1 Å². The van der Waals surface area contributed by atoms with Crippen LogP contribution >= 0.6 is 12.2 Å². The molecule has 5 N–H and O–H groups in total. The van der Waals surface area contributed by atoms with Crippen LogP contribution in [0.1, 0.15) is 10.4 Å². The second-order valence-electron chi connectivity index (χ2n) is 2.81. The van der Waals surface area contributed by atoms with Crippen molar-refractivity contribution in [3.63, 3.8) is 0 Å². The van der Waals surface area contributed by atoms with Crippen molar-refractivity contribution in [1.82, 2.24) is 5.32 Å². The van der Waals surface area contributed by atoms with Gasteiger partial charge in [0.15, 0.2) is 5.11 Å². The molecule has 0 amide bonds.